The van der Waals surface area contributed by atoms with Crippen LogP contribution in [0, 0.1) is 24.7 Å². The van der Waals surface area contributed by atoms with E-state index in [9.17, 15) is 0 Å². The molecule has 98 valence electrons. The van der Waals surface area contributed by atoms with Gasteiger partial charge in [0.1, 0.15) is 0 Å². The van der Waals surface area contributed by atoms with Gasteiger partial charge < -0.3 is 4.52 Å². The standard InChI is InChI=1S/C14H21N3O/c1-8-12(13(16-15)18-17-8)14-5-9-2-10(6-14)4-11(3-9)7-14/h9-11,16H,2-7,15H2,1H3. The number of aryl methyl sites for hydroxylation is 1. The first-order valence-corrected chi connectivity index (χ1v) is 7.13. The summed E-state index contributed by atoms with van der Waals surface area (Å²) in [7, 11) is 0. The lowest BCUT2D eigenvalue weighted by Crippen LogP contribution is -2.49. The summed E-state index contributed by atoms with van der Waals surface area (Å²) >= 11 is 0. The van der Waals surface area contributed by atoms with Crippen molar-refractivity contribution in [1.82, 2.24) is 5.16 Å². The first-order valence-electron chi connectivity index (χ1n) is 7.13. The van der Waals surface area contributed by atoms with E-state index in [1.54, 1.807) is 0 Å². The van der Waals surface area contributed by atoms with E-state index in [2.05, 4.69) is 17.5 Å². The molecule has 18 heavy (non-hydrogen) atoms. The van der Waals surface area contributed by atoms with Gasteiger partial charge in [-0.25, -0.2) is 5.84 Å². The van der Waals surface area contributed by atoms with Crippen LogP contribution in [-0.2, 0) is 5.41 Å². The first-order chi connectivity index (χ1) is 8.70. The lowest BCUT2D eigenvalue weighted by atomic mass is 9.48. The number of rotatable bonds is 2. The molecular formula is C14H21N3O. The van der Waals surface area contributed by atoms with Gasteiger partial charge in [0.25, 0.3) is 0 Å². The third-order valence-corrected chi connectivity index (χ3v) is 5.56. The van der Waals surface area contributed by atoms with E-state index in [1.165, 1.54) is 44.1 Å². The van der Waals surface area contributed by atoms with E-state index in [4.69, 9.17) is 10.4 Å². The summed E-state index contributed by atoms with van der Waals surface area (Å²) in [5.74, 6) is 9.08. The Bertz CT molecular complexity index is 444. The molecule has 4 heteroatoms. The fourth-order valence-electron chi connectivity index (χ4n) is 5.51. The zero-order chi connectivity index (χ0) is 12.3. The second-order valence-corrected chi connectivity index (χ2v) is 6.81. The van der Waals surface area contributed by atoms with E-state index >= 15 is 0 Å². The lowest BCUT2D eigenvalue weighted by molar-refractivity contribution is -0.00528. The number of nitrogens with zero attached hydrogens (tertiary/aromatic N) is 1. The van der Waals surface area contributed by atoms with Crippen molar-refractivity contribution in [2.24, 2.45) is 23.6 Å². The molecule has 4 fully saturated rings. The maximum atomic E-state index is 5.60. The van der Waals surface area contributed by atoms with E-state index in [0.717, 1.165) is 23.4 Å². The van der Waals surface area contributed by atoms with Crippen molar-refractivity contribution >= 4 is 5.88 Å². The monoisotopic (exact) mass is 247 g/mol. The Kier molecular flexibility index (Phi) is 2.11. The van der Waals surface area contributed by atoms with Crippen LogP contribution in [0.2, 0.25) is 0 Å². The maximum absolute atomic E-state index is 5.60. The highest BCUT2D eigenvalue weighted by atomic mass is 16.5. The fraction of sp³-hybridized carbons (Fsp3) is 0.786. The number of hydrogen-bond donors (Lipinski definition) is 2. The molecule has 4 nitrogen and oxygen atoms in total. The van der Waals surface area contributed by atoms with Crippen LogP contribution in [0.1, 0.15) is 49.8 Å². The summed E-state index contributed by atoms with van der Waals surface area (Å²) in [5.41, 5.74) is 5.33. The molecular weight excluding hydrogens is 226 g/mol. The van der Waals surface area contributed by atoms with Crippen molar-refractivity contribution in [2.45, 2.75) is 50.9 Å². The number of nitrogens with two attached hydrogens (primary N) is 1. The molecule has 0 spiro atoms. The number of aromatic nitrogens is 1. The highest BCUT2D eigenvalue weighted by Gasteiger charge is 2.53. The predicted octanol–water partition coefficient (Wildman–Crippen LogP) is 2.74. The summed E-state index contributed by atoms with van der Waals surface area (Å²) in [5, 5.41) is 4.13. The molecule has 1 aromatic rings. The molecule has 0 aromatic carbocycles. The molecule has 5 rings (SSSR count). The largest absolute Gasteiger partial charge is 0.337 e. The maximum Gasteiger partial charge on any atom is 0.242 e. The van der Waals surface area contributed by atoms with Crippen LogP contribution in [0.25, 0.3) is 0 Å². The van der Waals surface area contributed by atoms with Crippen LogP contribution in [0.4, 0.5) is 5.88 Å². The van der Waals surface area contributed by atoms with Gasteiger partial charge in [-0.3, -0.25) is 5.43 Å². The minimum absolute atomic E-state index is 0.306. The Labute approximate surface area is 107 Å². The molecule has 0 saturated heterocycles. The van der Waals surface area contributed by atoms with E-state index < -0.39 is 0 Å². The SMILES string of the molecule is Cc1noc(NN)c1C12CC3CC(CC(C3)C1)C2. The average molecular weight is 247 g/mol. The van der Waals surface area contributed by atoms with Crippen molar-refractivity contribution in [3.63, 3.8) is 0 Å². The second kappa shape index (κ2) is 3.50. The van der Waals surface area contributed by atoms with Crippen molar-refractivity contribution < 1.29 is 4.52 Å². The zero-order valence-corrected chi connectivity index (χ0v) is 10.9. The smallest absolute Gasteiger partial charge is 0.242 e. The highest BCUT2D eigenvalue weighted by Crippen LogP contribution is 2.62. The van der Waals surface area contributed by atoms with Gasteiger partial charge in [0.15, 0.2) is 0 Å². The Morgan fingerprint density at radius 1 is 1.17 bits per heavy atom. The number of hydrazine groups is 1. The fourth-order valence-corrected chi connectivity index (χ4v) is 5.51. The highest BCUT2D eigenvalue weighted by molar-refractivity contribution is 5.48. The van der Waals surface area contributed by atoms with Gasteiger partial charge in [-0.2, -0.15) is 0 Å². The minimum Gasteiger partial charge on any atom is -0.337 e. The molecule has 4 aliphatic carbocycles. The minimum atomic E-state index is 0.306. The predicted molar refractivity (Wildman–Crippen MR) is 68.9 cm³/mol. The Morgan fingerprint density at radius 3 is 2.22 bits per heavy atom. The molecule has 0 aliphatic heterocycles. The van der Waals surface area contributed by atoms with E-state index in [1.807, 2.05) is 0 Å². The van der Waals surface area contributed by atoms with Gasteiger partial charge >= 0.3 is 0 Å². The Morgan fingerprint density at radius 2 is 1.72 bits per heavy atom. The van der Waals surface area contributed by atoms with Crippen LogP contribution in [0.15, 0.2) is 4.52 Å². The normalized spacial score (nSPS) is 41.3. The van der Waals surface area contributed by atoms with Crippen molar-refractivity contribution in [3.8, 4) is 0 Å². The van der Waals surface area contributed by atoms with Gasteiger partial charge in [0.05, 0.1) is 5.69 Å². The van der Waals surface area contributed by atoms with Gasteiger partial charge in [-0.15, -0.1) is 0 Å². The van der Waals surface area contributed by atoms with Gasteiger partial charge in [0, 0.05) is 11.0 Å². The molecule has 4 bridgehead atoms. The molecule has 4 aliphatic rings. The van der Waals surface area contributed by atoms with Gasteiger partial charge in [0.2, 0.25) is 5.88 Å². The van der Waals surface area contributed by atoms with Crippen LogP contribution in [-0.4, -0.2) is 5.16 Å². The molecule has 0 atom stereocenters. The molecule has 0 amide bonds. The van der Waals surface area contributed by atoms with Crippen LogP contribution >= 0.6 is 0 Å². The van der Waals surface area contributed by atoms with Crippen molar-refractivity contribution in [1.29, 1.82) is 0 Å². The lowest BCUT2D eigenvalue weighted by Gasteiger charge is -2.56. The number of hydrogen-bond acceptors (Lipinski definition) is 4. The first kappa shape index (κ1) is 10.9. The number of nitrogen functional groups attached to an aromatic ring is 1. The summed E-state index contributed by atoms with van der Waals surface area (Å²) in [6, 6.07) is 0. The molecule has 1 heterocycles. The summed E-state index contributed by atoms with van der Waals surface area (Å²) in [6.07, 6.45) is 8.31. The molecule has 3 N–H and O–H groups in total. The van der Waals surface area contributed by atoms with Crippen LogP contribution in [0.5, 0.6) is 0 Å². The summed E-state index contributed by atoms with van der Waals surface area (Å²) in [6.45, 7) is 2.05. The topological polar surface area (TPSA) is 64.1 Å². The van der Waals surface area contributed by atoms with E-state index in [-0.39, 0.29) is 0 Å². The third-order valence-electron chi connectivity index (χ3n) is 5.56. The molecule has 1 aromatic heterocycles. The Balaban J connectivity index is 1.81. The molecule has 0 radical (unpaired) electrons. The van der Waals surface area contributed by atoms with Crippen LogP contribution in [0.3, 0.4) is 0 Å². The van der Waals surface area contributed by atoms with Crippen molar-refractivity contribution in [2.75, 3.05) is 5.43 Å². The summed E-state index contributed by atoms with van der Waals surface area (Å²) < 4.78 is 5.35. The summed E-state index contributed by atoms with van der Waals surface area (Å²) in [4.78, 5) is 0. The molecule has 4 saturated carbocycles. The van der Waals surface area contributed by atoms with E-state index in [0.29, 0.717) is 11.3 Å². The average Bonchev–Trinajstić information content (AvgIpc) is 2.69. The molecule has 0 unspecified atom stereocenters. The third kappa shape index (κ3) is 1.32. The van der Waals surface area contributed by atoms with Crippen LogP contribution < -0.4 is 11.3 Å². The van der Waals surface area contributed by atoms with Gasteiger partial charge in [-0.05, 0) is 63.2 Å². The van der Waals surface area contributed by atoms with Crippen molar-refractivity contribution in [3.05, 3.63) is 11.3 Å². The Hall–Kier alpha value is -1.03. The quantitative estimate of drug-likeness (QED) is 0.623. The second-order valence-electron chi connectivity index (χ2n) is 6.81. The van der Waals surface area contributed by atoms with Gasteiger partial charge in [-0.1, -0.05) is 5.16 Å². The number of anilines is 1. The number of nitrogens with one attached hydrogen (secondary N) is 1. The zero-order valence-electron chi connectivity index (χ0n) is 10.9.